The molecule has 4 heterocycles. The highest BCUT2D eigenvalue weighted by Gasteiger charge is 2.44. The molecule has 258 valence electrons. The number of carbonyl (C=O) groups excluding carboxylic acids is 3. The quantitative estimate of drug-likeness (QED) is 0.285. The van der Waals surface area contributed by atoms with Crippen LogP contribution in [0.3, 0.4) is 0 Å². The number of piperazine rings is 1. The van der Waals surface area contributed by atoms with Gasteiger partial charge in [-0.15, -0.1) is 21.5 Å². The Bertz CT molecular complexity index is 1620. The molecule has 0 unspecified atom stereocenters. The van der Waals surface area contributed by atoms with Crippen molar-refractivity contribution in [2.75, 3.05) is 49.9 Å². The lowest BCUT2D eigenvalue weighted by Gasteiger charge is -2.37. The highest BCUT2D eigenvalue weighted by Crippen LogP contribution is 2.34. The number of aromatic nitrogens is 3. The minimum absolute atomic E-state index is 0.0439. The summed E-state index contributed by atoms with van der Waals surface area (Å²) in [5.41, 5.74) is 11.0. The number of nitrogens with one attached hydrogen (secondary N) is 1. The van der Waals surface area contributed by atoms with Crippen LogP contribution in [0.25, 0.3) is 10.4 Å². The molecule has 0 bridgehead atoms. The molecule has 2 amide bonds. The Balaban J connectivity index is 1.19. The zero-order valence-electron chi connectivity index (χ0n) is 28.1. The van der Waals surface area contributed by atoms with Crippen molar-refractivity contribution >= 4 is 52.0 Å². The first-order valence-corrected chi connectivity index (χ1v) is 17.5. The van der Waals surface area contributed by atoms with Crippen LogP contribution in [0, 0.1) is 18.3 Å². The molecule has 2 aliphatic rings. The summed E-state index contributed by atoms with van der Waals surface area (Å²) in [7, 11) is 0. The van der Waals surface area contributed by atoms with Gasteiger partial charge in [0, 0.05) is 57.5 Å². The summed E-state index contributed by atoms with van der Waals surface area (Å²) in [6.07, 6.45) is -0.636. The van der Waals surface area contributed by atoms with Gasteiger partial charge in [-0.1, -0.05) is 56.6 Å². The SMILES string of the molecule is Cc1ncsc1-c1ccc([C@H](C)NC(=O)[C@@H]2C[C@@H](O)CN2C(=O)[C@@H](CC(=O)CN2CCN(c3cc(Cl)nnc3N)CC2)C(C)(C)C)cc1. The van der Waals surface area contributed by atoms with E-state index in [0.717, 1.165) is 27.4 Å². The van der Waals surface area contributed by atoms with Crippen LogP contribution in [0.1, 0.15) is 57.8 Å². The molecule has 0 radical (unpaired) electrons. The van der Waals surface area contributed by atoms with Crippen LogP contribution < -0.4 is 16.0 Å². The zero-order valence-corrected chi connectivity index (χ0v) is 29.7. The number of aliphatic hydroxyl groups excluding tert-OH is 1. The molecule has 2 saturated heterocycles. The van der Waals surface area contributed by atoms with Crippen molar-refractivity contribution in [2.45, 2.75) is 65.6 Å². The number of β-amino-alcohol motifs (C(OH)–C–C–N with tert-alkyl or cyclic N) is 1. The summed E-state index contributed by atoms with van der Waals surface area (Å²) in [6, 6.07) is 8.54. The summed E-state index contributed by atoms with van der Waals surface area (Å²) in [5.74, 6) is -1.00. The number of thiazole rings is 1. The average Bonchev–Trinajstić information content (AvgIpc) is 3.66. The predicted octanol–water partition coefficient (Wildman–Crippen LogP) is 3.73. The predicted molar refractivity (Wildman–Crippen MR) is 188 cm³/mol. The number of ketones is 1. The highest BCUT2D eigenvalue weighted by molar-refractivity contribution is 7.13. The van der Waals surface area contributed by atoms with Gasteiger partial charge in [-0.2, -0.15) is 0 Å². The number of nitrogens with two attached hydrogens (primary N) is 1. The van der Waals surface area contributed by atoms with Gasteiger partial charge in [0.2, 0.25) is 11.8 Å². The molecular formula is C34H45ClN8O4S. The monoisotopic (exact) mass is 696 g/mol. The fraction of sp³-hybridized carbons (Fsp3) is 0.529. The summed E-state index contributed by atoms with van der Waals surface area (Å²) in [5, 5.41) is 21.6. The number of hydrogen-bond donors (Lipinski definition) is 3. The van der Waals surface area contributed by atoms with Crippen molar-refractivity contribution in [3.8, 4) is 10.4 Å². The third-order valence-electron chi connectivity index (χ3n) is 9.30. The lowest BCUT2D eigenvalue weighted by molar-refractivity contribution is -0.146. The van der Waals surface area contributed by atoms with Gasteiger partial charge >= 0.3 is 0 Å². The lowest BCUT2D eigenvalue weighted by atomic mass is 9.76. The van der Waals surface area contributed by atoms with E-state index in [4.69, 9.17) is 17.3 Å². The number of halogens is 1. The maximum absolute atomic E-state index is 14.1. The first kappa shape index (κ1) is 35.7. The molecular weight excluding hydrogens is 652 g/mol. The van der Waals surface area contributed by atoms with Crippen molar-refractivity contribution < 1.29 is 19.5 Å². The van der Waals surface area contributed by atoms with Gasteiger partial charge in [0.1, 0.15) is 11.8 Å². The number of benzene rings is 1. The summed E-state index contributed by atoms with van der Waals surface area (Å²) in [6.45, 7) is 12.5. The maximum Gasteiger partial charge on any atom is 0.243 e. The minimum atomic E-state index is -0.828. The largest absolute Gasteiger partial charge is 0.391 e. The van der Waals surface area contributed by atoms with Crippen LogP contribution in [-0.4, -0.2) is 99.1 Å². The number of nitrogens with zero attached hydrogens (tertiary/aromatic N) is 6. The van der Waals surface area contributed by atoms with Gasteiger partial charge in [0.25, 0.3) is 0 Å². The van der Waals surface area contributed by atoms with Gasteiger partial charge in [0.15, 0.2) is 11.0 Å². The smallest absolute Gasteiger partial charge is 0.243 e. The van der Waals surface area contributed by atoms with E-state index >= 15 is 0 Å². The molecule has 0 spiro atoms. The van der Waals surface area contributed by atoms with Crippen LogP contribution >= 0.6 is 22.9 Å². The molecule has 2 aliphatic heterocycles. The zero-order chi connectivity index (χ0) is 34.7. The second-order valence-corrected chi connectivity index (χ2v) is 15.1. The van der Waals surface area contributed by atoms with Crippen LogP contribution in [0.5, 0.6) is 0 Å². The van der Waals surface area contributed by atoms with Crippen molar-refractivity contribution in [1.82, 2.24) is 30.3 Å². The van der Waals surface area contributed by atoms with Crippen molar-refractivity contribution in [3.05, 3.63) is 52.3 Å². The van der Waals surface area contributed by atoms with E-state index in [0.29, 0.717) is 32.0 Å². The molecule has 0 aliphatic carbocycles. The topological polar surface area (TPSA) is 158 Å². The van der Waals surface area contributed by atoms with Crippen molar-refractivity contribution in [1.29, 1.82) is 0 Å². The molecule has 12 nitrogen and oxygen atoms in total. The van der Waals surface area contributed by atoms with E-state index in [1.54, 1.807) is 17.4 Å². The molecule has 2 fully saturated rings. The van der Waals surface area contributed by atoms with Crippen molar-refractivity contribution in [2.24, 2.45) is 11.3 Å². The van der Waals surface area contributed by atoms with Crippen LogP contribution in [-0.2, 0) is 14.4 Å². The summed E-state index contributed by atoms with van der Waals surface area (Å²) >= 11 is 7.60. The Labute approximate surface area is 290 Å². The van der Waals surface area contributed by atoms with Gasteiger partial charge in [-0.05, 0) is 30.4 Å². The van der Waals surface area contributed by atoms with E-state index < -0.39 is 23.5 Å². The Morgan fingerprint density at radius 1 is 1.12 bits per heavy atom. The summed E-state index contributed by atoms with van der Waals surface area (Å²) in [4.78, 5) is 52.2. The number of likely N-dealkylation sites (tertiary alicyclic amines) is 1. The Kier molecular flexibility index (Phi) is 11.0. The first-order chi connectivity index (χ1) is 22.7. The van der Waals surface area contributed by atoms with Gasteiger partial charge in [-0.3, -0.25) is 19.3 Å². The first-order valence-electron chi connectivity index (χ1n) is 16.3. The number of nitrogen functional groups attached to an aromatic ring is 1. The second-order valence-electron chi connectivity index (χ2n) is 13.9. The fourth-order valence-corrected chi connectivity index (χ4v) is 7.43. The molecule has 14 heteroatoms. The molecule has 1 aromatic carbocycles. The number of amides is 2. The number of rotatable bonds is 10. The lowest BCUT2D eigenvalue weighted by Crippen LogP contribution is -2.51. The van der Waals surface area contributed by atoms with Crippen LogP contribution in [0.4, 0.5) is 11.5 Å². The van der Waals surface area contributed by atoms with E-state index in [2.05, 4.69) is 30.3 Å². The molecule has 5 rings (SSSR count). The number of Topliss-reactive ketones (excluding diaryl/α,β-unsaturated/α-hetero) is 1. The second kappa shape index (κ2) is 14.9. The number of carbonyl (C=O) groups is 3. The Morgan fingerprint density at radius 3 is 2.44 bits per heavy atom. The van der Waals surface area contributed by atoms with E-state index in [1.165, 1.54) is 4.90 Å². The Morgan fingerprint density at radius 2 is 1.81 bits per heavy atom. The minimum Gasteiger partial charge on any atom is -0.391 e. The molecule has 0 saturated carbocycles. The molecule has 4 N–H and O–H groups in total. The Hall–Kier alpha value is -3.65. The van der Waals surface area contributed by atoms with E-state index in [-0.39, 0.29) is 54.7 Å². The normalized spacial score (nSPS) is 20.1. The maximum atomic E-state index is 14.1. The average molecular weight is 697 g/mol. The number of aliphatic hydroxyl groups is 1. The molecule has 3 aromatic rings. The third kappa shape index (κ3) is 8.31. The van der Waals surface area contributed by atoms with Crippen LogP contribution in [0.15, 0.2) is 35.8 Å². The number of anilines is 2. The fourth-order valence-electron chi connectivity index (χ4n) is 6.48. The van der Waals surface area contributed by atoms with Gasteiger partial charge in [-0.25, -0.2) is 4.98 Å². The standard InChI is InChI=1S/C34H45ClN8O4S/c1-20(22-6-8-23(9-7-22)30-21(2)37-19-48-30)38-32(46)28-15-25(45)18-43(28)33(47)26(34(3,4)5)14-24(44)17-41-10-12-42(13-11-41)27-16-29(35)39-40-31(27)36/h6-9,16,19-20,25-26,28,45H,10-15,17-18H2,1-5H3,(H2,36,40)(H,38,46)/t20-,25+,26+,28-/m0/s1. The number of aryl methyl sites for hydroxylation is 1. The molecule has 2 aromatic heterocycles. The van der Waals surface area contributed by atoms with Gasteiger partial charge < -0.3 is 26.0 Å². The molecule has 48 heavy (non-hydrogen) atoms. The van der Waals surface area contributed by atoms with Crippen molar-refractivity contribution in [3.63, 3.8) is 0 Å². The molecule has 4 atom stereocenters. The van der Waals surface area contributed by atoms with Gasteiger partial charge in [0.05, 0.1) is 40.5 Å². The third-order valence-corrected chi connectivity index (χ3v) is 10.5. The van der Waals surface area contributed by atoms with E-state index in [1.807, 2.05) is 64.4 Å². The number of hydrogen-bond acceptors (Lipinski definition) is 11. The van der Waals surface area contributed by atoms with Crippen LogP contribution in [0.2, 0.25) is 5.15 Å². The van der Waals surface area contributed by atoms with E-state index in [9.17, 15) is 19.5 Å². The summed E-state index contributed by atoms with van der Waals surface area (Å²) < 4.78 is 0. The highest BCUT2D eigenvalue weighted by atomic mass is 35.5.